The molecule has 2 fully saturated rings. The first-order valence-corrected chi connectivity index (χ1v) is 8.83. The Bertz CT molecular complexity index is 631. The van der Waals surface area contributed by atoms with E-state index >= 15 is 0 Å². The second-order valence-corrected chi connectivity index (χ2v) is 7.02. The first kappa shape index (κ1) is 17.7. The minimum atomic E-state index is -0.593. The molecule has 2 N–H and O–H groups in total. The lowest BCUT2D eigenvalue weighted by molar-refractivity contribution is -0.136. The second-order valence-electron chi connectivity index (χ2n) is 7.02. The van der Waals surface area contributed by atoms with Crippen molar-refractivity contribution in [3.05, 3.63) is 29.8 Å². The molecule has 2 saturated heterocycles. The van der Waals surface area contributed by atoms with Crippen molar-refractivity contribution in [3.8, 4) is 5.75 Å². The van der Waals surface area contributed by atoms with Gasteiger partial charge in [-0.2, -0.15) is 0 Å². The summed E-state index contributed by atoms with van der Waals surface area (Å²) < 4.78 is 10.6. The Balaban J connectivity index is 1.52. The Morgan fingerprint density at radius 2 is 2.12 bits per heavy atom. The highest BCUT2D eigenvalue weighted by atomic mass is 16.5. The number of rotatable bonds is 6. The number of aryl methyl sites for hydroxylation is 1. The van der Waals surface area contributed by atoms with Gasteiger partial charge in [-0.15, -0.1) is 0 Å². The number of hydrogen-bond acceptors (Lipinski definition) is 4. The second kappa shape index (κ2) is 7.44. The Morgan fingerprint density at radius 3 is 2.76 bits per heavy atom. The van der Waals surface area contributed by atoms with E-state index in [1.165, 1.54) is 5.56 Å². The van der Waals surface area contributed by atoms with Crippen LogP contribution in [-0.4, -0.2) is 50.1 Å². The number of carbonyl (C=O) groups excluding carboxylic acids is 2. The van der Waals surface area contributed by atoms with Crippen LogP contribution in [0.4, 0.5) is 0 Å². The van der Waals surface area contributed by atoms with Crippen molar-refractivity contribution in [2.45, 2.75) is 25.7 Å². The third-order valence-electron chi connectivity index (χ3n) is 5.57. The molecule has 6 heteroatoms. The molecule has 2 amide bonds. The Labute approximate surface area is 148 Å². The van der Waals surface area contributed by atoms with Crippen LogP contribution in [0.1, 0.15) is 24.8 Å². The first-order valence-electron chi connectivity index (χ1n) is 8.83. The number of hydrogen-bond donors (Lipinski definition) is 1. The molecular formula is C19H26N2O4. The number of benzene rings is 1. The van der Waals surface area contributed by atoms with E-state index in [9.17, 15) is 9.59 Å². The summed E-state index contributed by atoms with van der Waals surface area (Å²) in [6.45, 7) is 2.07. The average Bonchev–Trinajstić information content (AvgIpc) is 3.03. The van der Waals surface area contributed by atoms with E-state index < -0.39 is 5.41 Å². The Morgan fingerprint density at radius 1 is 1.36 bits per heavy atom. The highest BCUT2D eigenvalue weighted by molar-refractivity contribution is 5.84. The van der Waals surface area contributed by atoms with Gasteiger partial charge in [-0.25, -0.2) is 0 Å². The number of fused-ring (bicyclic) bond motifs is 1. The summed E-state index contributed by atoms with van der Waals surface area (Å²) in [5, 5.41) is 0. The van der Waals surface area contributed by atoms with Crippen molar-refractivity contribution < 1.29 is 19.1 Å². The van der Waals surface area contributed by atoms with Gasteiger partial charge in [0.15, 0.2) is 0 Å². The van der Waals surface area contributed by atoms with Gasteiger partial charge in [0.2, 0.25) is 11.8 Å². The van der Waals surface area contributed by atoms with Crippen LogP contribution in [0.5, 0.6) is 5.75 Å². The maximum absolute atomic E-state index is 12.6. The molecule has 3 rings (SSSR count). The van der Waals surface area contributed by atoms with Crippen molar-refractivity contribution in [1.29, 1.82) is 0 Å². The largest absolute Gasteiger partial charge is 0.497 e. The van der Waals surface area contributed by atoms with Crippen LogP contribution in [0.15, 0.2) is 24.3 Å². The average molecular weight is 346 g/mol. The summed E-state index contributed by atoms with van der Waals surface area (Å²) in [7, 11) is 1.64. The molecule has 2 aliphatic heterocycles. The third-order valence-corrected chi connectivity index (χ3v) is 5.57. The van der Waals surface area contributed by atoms with Gasteiger partial charge < -0.3 is 20.1 Å². The zero-order valence-electron chi connectivity index (χ0n) is 14.7. The van der Waals surface area contributed by atoms with Gasteiger partial charge in [0, 0.05) is 32.0 Å². The van der Waals surface area contributed by atoms with E-state index in [1.807, 2.05) is 24.3 Å². The topological polar surface area (TPSA) is 81.9 Å². The van der Waals surface area contributed by atoms with Gasteiger partial charge in [-0.1, -0.05) is 12.1 Å². The summed E-state index contributed by atoms with van der Waals surface area (Å²) in [5.74, 6) is 0.667. The molecule has 2 atom stereocenters. The van der Waals surface area contributed by atoms with Crippen LogP contribution in [0.25, 0.3) is 0 Å². The molecule has 1 aromatic carbocycles. The maximum Gasteiger partial charge on any atom is 0.225 e. The normalized spacial score (nSPS) is 25.5. The quantitative estimate of drug-likeness (QED) is 0.843. The van der Waals surface area contributed by atoms with Gasteiger partial charge in [-0.05, 0) is 37.0 Å². The predicted molar refractivity (Wildman–Crippen MR) is 93.1 cm³/mol. The lowest BCUT2D eigenvalue weighted by Crippen LogP contribution is -2.48. The highest BCUT2D eigenvalue weighted by Gasteiger charge is 2.53. The molecular weight excluding hydrogens is 320 g/mol. The zero-order valence-corrected chi connectivity index (χ0v) is 14.7. The Hall–Kier alpha value is -2.08. The zero-order chi connectivity index (χ0) is 17.9. The monoisotopic (exact) mass is 346 g/mol. The fourth-order valence-electron chi connectivity index (χ4n) is 3.94. The smallest absolute Gasteiger partial charge is 0.225 e. The van der Waals surface area contributed by atoms with Gasteiger partial charge in [0.05, 0.1) is 19.1 Å². The third kappa shape index (κ3) is 3.63. The van der Waals surface area contributed by atoms with Crippen molar-refractivity contribution in [1.82, 2.24) is 4.90 Å². The summed E-state index contributed by atoms with van der Waals surface area (Å²) in [6, 6.07) is 7.90. The highest BCUT2D eigenvalue weighted by Crippen LogP contribution is 2.42. The summed E-state index contributed by atoms with van der Waals surface area (Å²) in [5.41, 5.74) is 6.26. The van der Waals surface area contributed by atoms with Gasteiger partial charge >= 0.3 is 0 Å². The van der Waals surface area contributed by atoms with Gasteiger partial charge in [0.25, 0.3) is 0 Å². The molecule has 2 heterocycles. The van der Waals surface area contributed by atoms with Crippen molar-refractivity contribution in [3.63, 3.8) is 0 Å². The van der Waals surface area contributed by atoms with Crippen molar-refractivity contribution in [2.24, 2.45) is 17.1 Å². The van der Waals surface area contributed by atoms with Gasteiger partial charge in [-0.3, -0.25) is 9.59 Å². The molecule has 0 spiro atoms. The van der Waals surface area contributed by atoms with Crippen LogP contribution in [0.3, 0.4) is 0 Å². The van der Waals surface area contributed by atoms with E-state index in [4.69, 9.17) is 15.2 Å². The van der Waals surface area contributed by atoms with Gasteiger partial charge in [0.1, 0.15) is 5.75 Å². The standard InChI is InChI=1S/C19H26N2O4/c1-24-16-7-5-14(6-8-16)3-2-4-17(22)21-11-15-12-25-10-9-19(15,13-21)18(20)23/h5-8,15H,2-4,9-13H2,1H3,(H2,20,23)/t15-,19+/m1/s1. The number of amides is 2. The molecule has 2 aliphatic rings. The molecule has 0 aromatic heterocycles. The Kier molecular flexibility index (Phi) is 5.27. The minimum Gasteiger partial charge on any atom is -0.497 e. The van der Waals surface area contributed by atoms with Crippen LogP contribution < -0.4 is 10.5 Å². The molecule has 0 bridgehead atoms. The number of nitrogens with two attached hydrogens (primary N) is 1. The summed E-state index contributed by atoms with van der Waals surface area (Å²) in [4.78, 5) is 26.4. The molecule has 0 unspecified atom stereocenters. The van der Waals surface area contributed by atoms with E-state index in [2.05, 4.69) is 0 Å². The fourth-order valence-corrected chi connectivity index (χ4v) is 3.94. The molecule has 25 heavy (non-hydrogen) atoms. The minimum absolute atomic E-state index is 0.0317. The summed E-state index contributed by atoms with van der Waals surface area (Å²) >= 11 is 0. The number of likely N-dealkylation sites (tertiary alicyclic amines) is 1. The number of ether oxygens (including phenoxy) is 2. The SMILES string of the molecule is COc1ccc(CCCC(=O)N2C[C@@H]3COCC[C@]3(C(N)=O)C2)cc1. The molecule has 136 valence electrons. The summed E-state index contributed by atoms with van der Waals surface area (Å²) in [6.07, 6.45) is 2.72. The lowest BCUT2D eigenvalue weighted by Gasteiger charge is -2.34. The lowest BCUT2D eigenvalue weighted by atomic mass is 9.74. The van der Waals surface area contributed by atoms with Crippen molar-refractivity contribution in [2.75, 3.05) is 33.4 Å². The fraction of sp³-hybridized carbons (Fsp3) is 0.579. The maximum atomic E-state index is 12.6. The van der Waals surface area contributed by atoms with E-state index in [0.717, 1.165) is 18.6 Å². The first-order chi connectivity index (χ1) is 12.0. The number of nitrogens with zero attached hydrogens (tertiary/aromatic N) is 1. The number of methoxy groups -OCH3 is 1. The molecule has 6 nitrogen and oxygen atoms in total. The van der Waals surface area contributed by atoms with Crippen LogP contribution in [-0.2, 0) is 20.7 Å². The predicted octanol–water partition coefficient (Wildman–Crippen LogP) is 1.37. The molecule has 0 radical (unpaired) electrons. The van der Waals surface area contributed by atoms with E-state index in [1.54, 1.807) is 12.0 Å². The molecule has 1 aromatic rings. The van der Waals surface area contributed by atoms with Crippen LogP contribution in [0.2, 0.25) is 0 Å². The van der Waals surface area contributed by atoms with E-state index in [0.29, 0.717) is 39.1 Å². The number of carbonyl (C=O) groups is 2. The van der Waals surface area contributed by atoms with Crippen LogP contribution >= 0.6 is 0 Å². The van der Waals surface area contributed by atoms with Crippen molar-refractivity contribution >= 4 is 11.8 Å². The van der Waals surface area contributed by atoms with Crippen LogP contribution in [0, 0.1) is 11.3 Å². The van der Waals surface area contributed by atoms with E-state index in [-0.39, 0.29) is 17.7 Å². The molecule has 0 saturated carbocycles. The molecule has 0 aliphatic carbocycles. The number of primary amides is 1.